The van der Waals surface area contributed by atoms with E-state index in [0.29, 0.717) is 5.92 Å². The second-order valence-corrected chi connectivity index (χ2v) is 14.5. The molecule has 1 N–H and O–H groups in total. The van der Waals surface area contributed by atoms with Gasteiger partial charge in [-0.3, -0.25) is 0 Å². The maximum atomic E-state index is 11.3. The molecule has 1 nitrogen and oxygen atoms in total. The summed E-state index contributed by atoms with van der Waals surface area (Å²) in [4.78, 5) is 0. The highest BCUT2D eigenvalue weighted by molar-refractivity contribution is 7.73. The van der Waals surface area contributed by atoms with Crippen LogP contribution in [0.5, 0.6) is 0 Å². The predicted molar refractivity (Wildman–Crippen MR) is 164 cm³/mol. The SMILES string of the molecule is OCC(CC1C=CC=C1)(CP(c1ccccc1)c1ccccc1)Cp1c2ccccc2c2ccccc21. The summed E-state index contributed by atoms with van der Waals surface area (Å²) in [7, 11) is -1.17. The highest BCUT2D eigenvalue weighted by atomic mass is 31.1. The molecule has 184 valence electrons. The van der Waals surface area contributed by atoms with E-state index in [2.05, 4.69) is 133 Å². The molecule has 4 aromatic carbocycles. The van der Waals surface area contributed by atoms with Crippen LogP contribution in [-0.2, 0) is 6.16 Å². The first-order valence-corrected chi connectivity index (χ1v) is 16.1. The Hall–Kier alpha value is -2.95. The molecule has 0 aliphatic heterocycles. The topological polar surface area (TPSA) is 20.2 Å². The van der Waals surface area contributed by atoms with Crippen LogP contribution in [0.25, 0.3) is 21.0 Å². The van der Waals surface area contributed by atoms with E-state index in [1.165, 1.54) is 31.6 Å². The van der Waals surface area contributed by atoms with E-state index in [1.807, 2.05) is 0 Å². The van der Waals surface area contributed by atoms with Crippen molar-refractivity contribution in [3.8, 4) is 0 Å². The molecule has 37 heavy (non-hydrogen) atoms. The van der Waals surface area contributed by atoms with Crippen LogP contribution in [-0.4, -0.2) is 17.9 Å². The lowest BCUT2D eigenvalue weighted by Crippen LogP contribution is -2.35. The highest BCUT2D eigenvalue weighted by Crippen LogP contribution is 2.56. The number of aliphatic hydroxyl groups is 1. The van der Waals surface area contributed by atoms with E-state index >= 15 is 0 Å². The van der Waals surface area contributed by atoms with Crippen molar-refractivity contribution in [2.24, 2.45) is 11.3 Å². The molecular formula is C34H32OP2. The first kappa shape index (κ1) is 24.4. The van der Waals surface area contributed by atoms with Crippen molar-refractivity contribution in [3.05, 3.63) is 133 Å². The first-order valence-electron chi connectivity index (χ1n) is 13.1. The second-order valence-electron chi connectivity index (χ2n) is 10.2. The summed E-state index contributed by atoms with van der Waals surface area (Å²) in [6.45, 7) is 0.201. The third-order valence-corrected chi connectivity index (χ3v) is 13.4. The molecule has 6 rings (SSSR count). The summed E-state index contributed by atoms with van der Waals surface area (Å²) < 4.78 is 0. The van der Waals surface area contributed by atoms with Crippen LogP contribution in [0.1, 0.15) is 6.42 Å². The number of fused-ring (bicyclic) bond motifs is 3. The monoisotopic (exact) mass is 518 g/mol. The highest BCUT2D eigenvalue weighted by Gasteiger charge is 2.37. The van der Waals surface area contributed by atoms with Crippen molar-refractivity contribution in [2.75, 3.05) is 12.8 Å². The number of allylic oxidation sites excluding steroid dienone is 4. The number of benzene rings is 4. The average Bonchev–Trinajstić information content (AvgIpc) is 3.59. The van der Waals surface area contributed by atoms with Gasteiger partial charge < -0.3 is 5.11 Å². The van der Waals surface area contributed by atoms with Gasteiger partial charge in [-0.25, -0.2) is 0 Å². The molecule has 1 heterocycles. The summed E-state index contributed by atoms with van der Waals surface area (Å²) in [5.74, 6) is 0.374. The van der Waals surface area contributed by atoms with E-state index in [-0.39, 0.29) is 12.0 Å². The largest absolute Gasteiger partial charge is 0.396 e. The van der Waals surface area contributed by atoms with Crippen LogP contribution in [0.4, 0.5) is 0 Å². The van der Waals surface area contributed by atoms with Gasteiger partial charge in [-0.15, -0.1) is 7.53 Å². The van der Waals surface area contributed by atoms with Gasteiger partial charge in [-0.1, -0.05) is 133 Å². The van der Waals surface area contributed by atoms with E-state index in [4.69, 9.17) is 0 Å². The summed E-state index contributed by atoms with van der Waals surface area (Å²) in [5, 5.41) is 19.8. The molecule has 5 aromatic rings. The third-order valence-electron chi connectivity index (χ3n) is 7.63. The molecular weight excluding hydrogens is 486 g/mol. The van der Waals surface area contributed by atoms with Crippen molar-refractivity contribution in [1.29, 1.82) is 0 Å². The molecule has 0 radical (unpaired) electrons. The van der Waals surface area contributed by atoms with Crippen LogP contribution in [0.15, 0.2) is 133 Å². The number of rotatable bonds is 9. The molecule has 1 aliphatic carbocycles. The Bertz CT molecular complexity index is 1450. The zero-order chi connectivity index (χ0) is 25.1. The van der Waals surface area contributed by atoms with E-state index in [0.717, 1.165) is 18.7 Å². The molecule has 0 bridgehead atoms. The van der Waals surface area contributed by atoms with Gasteiger partial charge in [0.1, 0.15) is 0 Å². The lowest BCUT2D eigenvalue weighted by molar-refractivity contribution is 0.139. The molecule has 0 saturated carbocycles. The Labute approximate surface area is 222 Å². The summed E-state index contributed by atoms with van der Waals surface area (Å²) >= 11 is 0. The lowest BCUT2D eigenvalue weighted by atomic mass is 9.83. The maximum Gasteiger partial charge on any atom is 0.0497 e. The van der Waals surface area contributed by atoms with E-state index < -0.39 is 15.5 Å². The number of aliphatic hydroxyl groups excluding tert-OH is 1. The van der Waals surface area contributed by atoms with Crippen molar-refractivity contribution in [3.63, 3.8) is 0 Å². The van der Waals surface area contributed by atoms with E-state index in [9.17, 15) is 5.11 Å². The standard InChI is InChI=1S/C34H32OP2/c35-24-34(23-27-13-7-8-14-27,25-36(28-15-3-1-4-16-28)29-17-5-2-6-18-29)26-37-32-21-11-9-19-30(32)31-20-10-12-22-33(31)37/h1-22,27,35H,23-26H2. The molecule has 0 fully saturated rings. The molecule has 1 aromatic heterocycles. The second kappa shape index (κ2) is 10.8. The third kappa shape index (κ3) is 4.97. The van der Waals surface area contributed by atoms with Gasteiger partial charge in [0.25, 0.3) is 0 Å². The summed E-state index contributed by atoms with van der Waals surface area (Å²) in [6, 6.07) is 39.9. The molecule has 0 amide bonds. The van der Waals surface area contributed by atoms with Crippen molar-refractivity contribution in [1.82, 2.24) is 0 Å². The van der Waals surface area contributed by atoms with Gasteiger partial charge in [0.05, 0.1) is 0 Å². The van der Waals surface area contributed by atoms with Crippen LogP contribution < -0.4 is 10.6 Å². The first-order chi connectivity index (χ1) is 18.3. The molecule has 1 atom stereocenters. The molecule has 0 saturated heterocycles. The fourth-order valence-electron chi connectivity index (χ4n) is 5.85. The number of hydrogen-bond acceptors (Lipinski definition) is 1. The van der Waals surface area contributed by atoms with Crippen LogP contribution in [0.3, 0.4) is 0 Å². The normalized spacial score (nSPS) is 15.2. The molecule has 0 spiro atoms. The smallest absolute Gasteiger partial charge is 0.0497 e. The Morgan fingerprint density at radius 3 is 1.65 bits per heavy atom. The van der Waals surface area contributed by atoms with Gasteiger partial charge in [-0.05, 0) is 54.0 Å². The van der Waals surface area contributed by atoms with Crippen LogP contribution in [0, 0.1) is 11.3 Å². The Balaban J connectivity index is 1.49. The summed E-state index contributed by atoms with van der Waals surface area (Å²) in [6.07, 6.45) is 11.9. The van der Waals surface area contributed by atoms with Crippen LogP contribution in [0.2, 0.25) is 0 Å². The Morgan fingerprint density at radius 2 is 1.14 bits per heavy atom. The minimum absolute atomic E-state index is 0.197. The molecule has 3 heteroatoms. The predicted octanol–water partition coefficient (Wildman–Crippen LogP) is 8.22. The van der Waals surface area contributed by atoms with Gasteiger partial charge in [-0.2, -0.15) is 0 Å². The van der Waals surface area contributed by atoms with Gasteiger partial charge >= 0.3 is 0 Å². The fraction of sp³-hybridized carbons (Fsp3) is 0.176. The Kier molecular flexibility index (Phi) is 7.12. The van der Waals surface area contributed by atoms with Gasteiger partial charge in [0.15, 0.2) is 0 Å². The van der Waals surface area contributed by atoms with Gasteiger partial charge in [0.2, 0.25) is 0 Å². The van der Waals surface area contributed by atoms with Crippen molar-refractivity contribution >= 4 is 47.1 Å². The molecule has 1 aliphatic rings. The van der Waals surface area contributed by atoms with Crippen molar-refractivity contribution < 1.29 is 5.11 Å². The van der Waals surface area contributed by atoms with E-state index in [1.54, 1.807) is 0 Å². The number of hydrogen-bond donors (Lipinski definition) is 1. The van der Waals surface area contributed by atoms with Gasteiger partial charge in [0, 0.05) is 22.3 Å². The van der Waals surface area contributed by atoms with Crippen LogP contribution >= 0.6 is 15.5 Å². The summed E-state index contributed by atoms with van der Waals surface area (Å²) in [5.41, 5.74) is -0.197. The quantitative estimate of drug-likeness (QED) is 0.195. The minimum atomic E-state index is -0.617. The molecule has 1 unspecified atom stereocenters. The maximum absolute atomic E-state index is 11.3. The Morgan fingerprint density at radius 1 is 0.649 bits per heavy atom. The zero-order valence-corrected chi connectivity index (χ0v) is 22.7. The lowest BCUT2D eigenvalue weighted by Gasteiger charge is -2.38. The zero-order valence-electron chi connectivity index (χ0n) is 20.9. The van der Waals surface area contributed by atoms with Crippen molar-refractivity contribution in [2.45, 2.75) is 12.6 Å². The fourth-order valence-corrected chi connectivity index (χ4v) is 11.9. The average molecular weight is 519 g/mol. The minimum Gasteiger partial charge on any atom is -0.396 e.